The lowest BCUT2D eigenvalue weighted by molar-refractivity contribution is 0.346. The Labute approximate surface area is 164 Å². The predicted octanol–water partition coefficient (Wildman–Crippen LogP) is 3.85. The van der Waals surface area contributed by atoms with Crippen LogP contribution in [-0.2, 0) is 13.0 Å². The van der Waals surface area contributed by atoms with Crippen molar-refractivity contribution < 1.29 is 0 Å². The quantitative estimate of drug-likeness (QED) is 0.549. The number of aliphatic imine (C=N–C) groups is 1. The third kappa shape index (κ3) is 7.85. The summed E-state index contributed by atoms with van der Waals surface area (Å²) < 4.78 is 2.21. The number of nitrogens with one attached hydrogen (secondary N) is 2. The van der Waals surface area contributed by atoms with E-state index in [2.05, 4.69) is 77.1 Å². The average Bonchev–Trinajstić information content (AvgIpc) is 3.06. The van der Waals surface area contributed by atoms with E-state index in [4.69, 9.17) is 0 Å². The van der Waals surface area contributed by atoms with E-state index >= 15 is 0 Å². The van der Waals surface area contributed by atoms with E-state index in [9.17, 15) is 0 Å². The molecule has 0 bridgehead atoms. The van der Waals surface area contributed by atoms with Crippen molar-refractivity contribution in [2.45, 2.75) is 59.5 Å². The number of guanidine groups is 1. The van der Waals surface area contributed by atoms with Crippen molar-refractivity contribution in [3.05, 3.63) is 54.1 Å². The van der Waals surface area contributed by atoms with Gasteiger partial charge in [-0.15, -0.1) is 0 Å². The molecular weight excluding hydrogens is 334 g/mol. The van der Waals surface area contributed by atoms with Crippen LogP contribution < -0.4 is 10.6 Å². The molecule has 0 spiro atoms. The van der Waals surface area contributed by atoms with Gasteiger partial charge in [-0.05, 0) is 30.7 Å². The first-order valence-electron chi connectivity index (χ1n) is 9.88. The number of imidazole rings is 1. The van der Waals surface area contributed by atoms with E-state index in [1.807, 2.05) is 25.5 Å². The van der Waals surface area contributed by atoms with Gasteiger partial charge < -0.3 is 15.2 Å². The fraction of sp³-hybridized carbons (Fsp3) is 0.545. The third-order valence-corrected chi connectivity index (χ3v) is 4.57. The van der Waals surface area contributed by atoms with Crippen LogP contribution in [0.3, 0.4) is 0 Å². The molecule has 5 nitrogen and oxygen atoms in total. The Hall–Kier alpha value is -2.30. The molecule has 5 heteroatoms. The molecule has 1 heterocycles. The number of aromatic nitrogens is 2. The van der Waals surface area contributed by atoms with Crippen molar-refractivity contribution in [1.29, 1.82) is 0 Å². The van der Waals surface area contributed by atoms with Crippen molar-refractivity contribution in [2.75, 3.05) is 13.6 Å². The molecule has 0 amide bonds. The van der Waals surface area contributed by atoms with E-state index in [1.54, 1.807) is 0 Å². The largest absolute Gasteiger partial charge is 0.356 e. The van der Waals surface area contributed by atoms with Crippen LogP contribution in [0.5, 0.6) is 0 Å². The lowest BCUT2D eigenvalue weighted by atomic mass is 9.89. The molecule has 0 saturated heterocycles. The number of hydrogen-bond acceptors (Lipinski definition) is 2. The van der Waals surface area contributed by atoms with Crippen molar-refractivity contribution in [1.82, 2.24) is 20.2 Å². The van der Waals surface area contributed by atoms with Crippen molar-refractivity contribution in [3.63, 3.8) is 0 Å². The number of hydrogen-bond donors (Lipinski definition) is 2. The maximum Gasteiger partial charge on any atom is 0.191 e. The van der Waals surface area contributed by atoms with Crippen LogP contribution in [0.15, 0.2) is 47.7 Å². The second-order valence-electron chi connectivity index (χ2n) is 8.35. The summed E-state index contributed by atoms with van der Waals surface area (Å²) in [6.45, 7) is 10.7. The van der Waals surface area contributed by atoms with E-state index in [-0.39, 0.29) is 0 Å². The van der Waals surface area contributed by atoms with Crippen LogP contribution in [0.1, 0.15) is 51.9 Å². The zero-order chi connectivity index (χ0) is 19.7. The second-order valence-corrected chi connectivity index (χ2v) is 8.35. The van der Waals surface area contributed by atoms with Crippen LogP contribution in [0.4, 0.5) is 0 Å². The summed E-state index contributed by atoms with van der Waals surface area (Å²) in [5, 5.41) is 6.90. The summed E-state index contributed by atoms with van der Waals surface area (Å²) in [6.07, 6.45) is 7.10. The Morgan fingerprint density at radius 2 is 1.96 bits per heavy atom. The average molecular weight is 370 g/mol. The molecule has 148 valence electrons. The Morgan fingerprint density at radius 1 is 1.22 bits per heavy atom. The van der Waals surface area contributed by atoms with Crippen molar-refractivity contribution >= 4 is 5.96 Å². The standard InChI is InChI=1S/C22H35N5/c1-18(11-13-22(2,3)4)26-21(23-5)25-14-12-20-24-15-16-27(20)17-19-9-7-6-8-10-19/h6-10,15-16,18H,11-14,17H2,1-5H3,(H2,23,25,26). The first-order valence-corrected chi connectivity index (χ1v) is 9.88. The Bertz CT molecular complexity index is 697. The highest BCUT2D eigenvalue weighted by Crippen LogP contribution is 2.21. The molecule has 2 rings (SSSR count). The third-order valence-electron chi connectivity index (χ3n) is 4.57. The summed E-state index contributed by atoms with van der Waals surface area (Å²) in [7, 11) is 1.82. The molecule has 1 atom stereocenters. The number of benzene rings is 1. The molecule has 1 unspecified atom stereocenters. The van der Waals surface area contributed by atoms with Gasteiger partial charge in [0.05, 0.1) is 0 Å². The molecule has 1 aromatic carbocycles. The molecule has 2 aromatic rings. The summed E-state index contributed by atoms with van der Waals surface area (Å²) in [5.74, 6) is 1.94. The molecule has 0 radical (unpaired) electrons. The van der Waals surface area contributed by atoms with Gasteiger partial charge >= 0.3 is 0 Å². The molecule has 0 fully saturated rings. The van der Waals surface area contributed by atoms with E-state index < -0.39 is 0 Å². The predicted molar refractivity (Wildman–Crippen MR) is 114 cm³/mol. The van der Waals surface area contributed by atoms with Gasteiger partial charge in [0.25, 0.3) is 0 Å². The number of nitrogens with zero attached hydrogens (tertiary/aromatic N) is 3. The van der Waals surface area contributed by atoms with Crippen LogP contribution in [0.2, 0.25) is 0 Å². The van der Waals surface area contributed by atoms with Crippen molar-refractivity contribution in [3.8, 4) is 0 Å². The van der Waals surface area contributed by atoms with Gasteiger partial charge in [-0.1, -0.05) is 51.1 Å². The van der Waals surface area contributed by atoms with Gasteiger partial charge in [-0.3, -0.25) is 4.99 Å². The van der Waals surface area contributed by atoms with Gasteiger partial charge in [-0.2, -0.15) is 0 Å². The molecular formula is C22H35N5. The maximum atomic E-state index is 4.52. The SMILES string of the molecule is CN=C(NCCc1nccn1Cc1ccccc1)NC(C)CCC(C)(C)C. The summed E-state index contributed by atoms with van der Waals surface area (Å²) in [5.41, 5.74) is 1.65. The van der Waals surface area contributed by atoms with Crippen LogP contribution in [0.25, 0.3) is 0 Å². The summed E-state index contributed by atoms with van der Waals surface area (Å²) in [4.78, 5) is 8.86. The van der Waals surface area contributed by atoms with Gasteiger partial charge in [0.2, 0.25) is 0 Å². The highest BCUT2D eigenvalue weighted by molar-refractivity contribution is 5.79. The molecule has 0 saturated carbocycles. The highest BCUT2D eigenvalue weighted by atomic mass is 15.2. The minimum absolute atomic E-state index is 0.364. The fourth-order valence-corrected chi connectivity index (χ4v) is 2.93. The molecule has 1 aromatic heterocycles. The van der Waals surface area contributed by atoms with Gasteiger partial charge in [-0.25, -0.2) is 4.98 Å². The Balaban J connectivity index is 1.79. The normalized spacial score (nSPS) is 13.4. The summed E-state index contributed by atoms with van der Waals surface area (Å²) >= 11 is 0. The highest BCUT2D eigenvalue weighted by Gasteiger charge is 2.13. The lowest BCUT2D eigenvalue weighted by Crippen LogP contribution is -2.43. The smallest absolute Gasteiger partial charge is 0.191 e. The van der Waals surface area contributed by atoms with E-state index in [0.717, 1.165) is 37.7 Å². The minimum atomic E-state index is 0.364. The van der Waals surface area contributed by atoms with Gasteiger partial charge in [0, 0.05) is 45.0 Å². The van der Waals surface area contributed by atoms with Crippen LogP contribution >= 0.6 is 0 Å². The topological polar surface area (TPSA) is 54.2 Å². The zero-order valence-corrected chi connectivity index (χ0v) is 17.5. The second kappa shape index (κ2) is 10.1. The molecule has 0 aliphatic carbocycles. The van der Waals surface area contributed by atoms with E-state index in [0.29, 0.717) is 11.5 Å². The molecule has 27 heavy (non-hydrogen) atoms. The lowest BCUT2D eigenvalue weighted by Gasteiger charge is -2.23. The Kier molecular flexibility index (Phi) is 7.89. The molecule has 0 aliphatic rings. The molecule has 0 aliphatic heterocycles. The number of rotatable bonds is 8. The first-order chi connectivity index (χ1) is 12.9. The maximum absolute atomic E-state index is 4.52. The van der Waals surface area contributed by atoms with E-state index in [1.165, 1.54) is 12.0 Å². The Morgan fingerprint density at radius 3 is 2.63 bits per heavy atom. The molecule has 2 N–H and O–H groups in total. The minimum Gasteiger partial charge on any atom is -0.356 e. The van der Waals surface area contributed by atoms with Gasteiger partial charge in [0.15, 0.2) is 5.96 Å². The fourth-order valence-electron chi connectivity index (χ4n) is 2.93. The van der Waals surface area contributed by atoms with Crippen LogP contribution in [-0.4, -0.2) is 35.1 Å². The summed E-state index contributed by atoms with van der Waals surface area (Å²) in [6, 6.07) is 10.9. The van der Waals surface area contributed by atoms with Crippen LogP contribution in [0, 0.1) is 5.41 Å². The van der Waals surface area contributed by atoms with Gasteiger partial charge in [0.1, 0.15) is 5.82 Å². The monoisotopic (exact) mass is 369 g/mol. The zero-order valence-electron chi connectivity index (χ0n) is 17.5. The van der Waals surface area contributed by atoms with Crippen molar-refractivity contribution in [2.24, 2.45) is 10.4 Å². The first kappa shape index (κ1) is 21.0.